The number of unbranched alkanes of at least 4 members (excludes halogenated alkanes) is 3. The van der Waals surface area contributed by atoms with Gasteiger partial charge in [-0.15, -0.1) is 0 Å². The Bertz CT molecular complexity index is 954. The molecule has 0 atom stereocenters. The minimum absolute atomic E-state index is 0.270. The Morgan fingerprint density at radius 1 is 1.06 bits per heavy atom. The number of hydrogen-bond acceptors (Lipinski definition) is 6. The molecule has 0 unspecified atom stereocenters. The predicted molar refractivity (Wildman–Crippen MR) is 127 cm³/mol. The van der Waals surface area contributed by atoms with Gasteiger partial charge in [-0.3, -0.25) is 0 Å². The van der Waals surface area contributed by atoms with Gasteiger partial charge in [-0.25, -0.2) is 14.0 Å². The van der Waals surface area contributed by atoms with Crippen LogP contribution in [0.25, 0.3) is 0 Å². The molecule has 7 heteroatoms. The van der Waals surface area contributed by atoms with Crippen molar-refractivity contribution in [1.82, 2.24) is 0 Å². The number of benzene rings is 2. The van der Waals surface area contributed by atoms with Crippen LogP contribution < -0.4 is 4.74 Å². The second-order valence-corrected chi connectivity index (χ2v) is 7.12. The molecule has 0 heterocycles. The number of aryl methyl sites for hydroxylation is 1. The molecule has 0 aromatic heterocycles. The van der Waals surface area contributed by atoms with Crippen molar-refractivity contribution in [3.05, 3.63) is 71.1 Å². The number of esters is 2. The normalized spacial score (nSPS) is 9.94. The van der Waals surface area contributed by atoms with Gasteiger partial charge in [-0.2, -0.15) is 0 Å². The highest BCUT2D eigenvalue weighted by molar-refractivity contribution is 5.91. The summed E-state index contributed by atoms with van der Waals surface area (Å²) in [6, 6.07) is 9.18. The molecule has 2 aromatic carbocycles. The van der Waals surface area contributed by atoms with E-state index >= 15 is 0 Å². The Labute approximate surface area is 194 Å². The maximum atomic E-state index is 14.2. The molecule has 0 amide bonds. The van der Waals surface area contributed by atoms with Crippen molar-refractivity contribution in [2.24, 2.45) is 0 Å². The molecule has 2 aromatic rings. The van der Waals surface area contributed by atoms with Crippen molar-refractivity contribution >= 4 is 18.2 Å². The molecule has 2 N–H and O–H groups in total. The lowest BCUT2D eigenvalue weighted by molar-refractivity contribution is -0.139. The van der Waals surface area contributed by atoms with E-state index < -0.39 is 17.5 Å². The van der Waals surface area contributed by atoms with E-state index in [1.54, 1.807) is 19.1 Å². The molecule has 6 nitrogen and oxygen atoms in total. The molecule has 0 saturated carbocycles. The number of hydrogen-bond donors (Lipinski definition) is 2. The third-order valence-corrected chi connectivity index (χ3v) is 4.60. The number of nitrogens with one attached hydrogen (secondary N) is 1. The molecule has 0 spiro atoms. The zero-order valence-electron chi connectivity index (χ0n) is 19.4. The fourth-order valence-electron chi connectivity index (χ4n) is 2.82. The molecule has 0 saturated heterocycles. The van der Waals surface area contributed by atoms with Gasteiger partial charge < -0.3 is 20.0 Å². The van der Waals surface area contributed by atoms with Crippen LogP contribution in [0.4, 0.5) is 4.39 Å². The summed E-state index contributed by atoms with van der Waals surface area (Å²) in [5, 5.41) is 16.7. The molecule has 178 valence electrons. The summed E-state index contributed by atoms with van der Waals surface area (Å²) in [5.41, 5.74) is 1.39. The Hall–Kier alpha value is -3.48. The standard InChI is InChI=1S/C24H26FNO5.C2H6/c1-16(2)23(28)30-14-6-4-3-5-7-17-8-10-18(11-9-17)24(29)31-21-13-12-20(27)19(15-26)22(21)25;1-2/h8-13,15,26-27H,1,3-7,14H2,2H3;1-2H3. The molecule has 0 bridgehead atoms. The Balaban J connectivity index is 0.00000265. The molecule has 0 fully saturated rings. The topological polar surface area (TPSA) is 96.7 Å². The largest absolute Gasteiger partial charge is 0.507 e. The molecule has 0 aliphatic heterocycles. The summed E-state index contributed by atoms with van der Waals surface area (Å²) in [7, 11) is 0. The Morgan fingerprint density at radius 2 is 1.70 bits per heavy atom. The third kappa shape index (κ3) is 8.88. The fourth-order valence-corrected chi connectivity index (χ4v) is 2.82. The Kier molecular flexibility index (Phi) is 12.2. The van der Waals surface area contributed by atoms with Crippen LogP contribution in [-0.2, 0) is 16.0 Å². The summed E-state index contributed by atoms with van der Waals surface area (Å²) < 4.78 is 24.3. The van der Waals surface area contributed by atoms with Crippen LogP contribution in [0.15, 0.2) is 48.6 Å². The molecule has 2 rings (SSSR count). The highest BCUT2D eigenvalue weighted by atomic mass is 19.1. The number of rotatable bonds is 11. The number of ether oxygens (including phenoxy) is 2. The van der Waals surface area contributed by atoms with E-state index in [0.717, 1.165) is 43.7 Å². The monoisotopic (exact) mass is 457 g/mol. The molecular weight excluding hydrogens is 425 g/mol. The average molecular weight is 458 g/mol. The van der Waals surface area contributed by atoms with Crippen molar-refractivity contribution in [3.8, 4) is 11.5 Å². The number of halogens is 1. The van der Waals surface area contributed by atoms with Crippen molar-refractivity contribution in [1.29, 1.82) is 5.41 Å². The van der Waals surface area contributed by atoms with Crippen molar-refractivity contribution in [2.75, 3.05) is 6.61 Å². The van der Waals surface area contributed by atoms with Crippen molar-refractivity contribution in [2.45, 2.75) is 52.9 Å². The lowest BCUT2D eigenvalue weighted by Crippen LogP contribution is -2.10. The van der Waals surface area contributed by atoms with E-state index in [0.29, 0.717) is 18.4 Å². The number of phenolic OH excluding ortho intramolecular Hbond substituents is 1. The van der Waals surface area contributed by atoms with Crippen molar-refractivity contribution < 1.29 is 28.6 Å². The average Bonchev–Trinajstić information content (AvgIpc) is 2.82. The zero-order valence-corrected chi connectivity index (χ0v) is 19.4. The number of carbonyl (C=O) groups excluding carboxylic acids is 2. The van der Waals surface area contributed by atoms with Crippen LogP contribution in [-0.4, -0.2) is 29.9 Å². The minimum Gasteiger partial charge on any atom is -0.507 e. The van der Waals surface area contributed by atoms with Crippen LogP contribution in [0.1, 0.15) is 67.9 Å². The van der Waals surface area contributed by atoms with Crippen LogP contribution in [0.2, 0.25) is 0 Å². The first kappa shape index (κ1) is 27.6. The molecular formula is C26H32FNO5. The zero-order chi connectivity index (χ0) is 24.8. The molecule has 0 aliphatic rings. The van der Waals surface area contributed by atoms with E-state index in [1.807, 2.05) is 26.0 Å². The van der Waals surface area contributed by atoms with Gasteiger partial charge >= 0.3 is 11.9 Å². The number of aromatic hydroxyl groups is 1. The van der Waals surface area contributed by atoms with Gasteiger partial charge in [0.25, 0.3) is 0 Å². The van der Waals surface area contributed by atoms with E-state index in [9.17, 15) is 19.1 Å². The lowest BCUT2D eigenvalue weighted by Gasteiger charge is -2.09. The van der Waals surface area contributed by atoms with Gasteiger partial charge in [-0.05, 0) is 56.0 Å². The third-order valence-electron chi connectivity index (χ3n) is 4.60. The van der Waals surface area contributed by atoms with Gasteiger partial charge in [0.15, 0.2) is 11.6 Å². The quantitative estimate of drug-likeness (QED) is 0.142. The molecule has 0 aliphatic carbocycles. The summed E-state index contributed by atoms with van der Waals surface area (Å²) in [5.74, 6) is -2.79. The van der Waals surface area contributed by atoms with Gasteiger partial charge in [-0.1, -0.05) is 45.4 Å². The summed E-state index contributed by atoms with van der Waals surface area (Å²) in [6.45, 7) is 9.54. The second-order valence-electron chi connectivity index (χ2n) is 7.12. The van der Waals surface area contributed by atoms with Gasteiger partial charge in [0.2, 0.25) is 0 Å². The SMILES string of the molecule is C=C(C)C(=O)OCCCCCCc1ccc(C(=O)Oc2ccc(O)c(C=N)c2F)cc1.CC. The van der Waals surface area contributed by atoms with E-state index in [1.165, 1.54) is 6.07 Å². The van der Waals surface area contributed by atoms with Gasteiger partial charge in [0.1, 0.15) is 5.75 Å². The summed E-state index contributed by atoms with van der Waals surface area (Å²) in [6.07, 6.45) is 5.20. The highest BCUT2D eigenvalue weighted by Crippen LogP contribution is 2.27. The van der Waals surface area contributed by atoms with Crippen LogP contribution in [0, 0.1) is 11.2 Å². The van der Waals surface area contributed by atoms with Crippen LogP contribution >= 0.6 is 0 Å². The van der Waals surface area contributed by atoms with Crippen molar-refractivity contribution in [3.63, 3.8) is 0 Å². The first-order valence-electron chi connectivity index (χ1n) is 11.0. The second kappa shape index (κ2) is 14.6. The maximum absolute atomic E-state index is 14.2. The van der Waals surface area contributed by atoms with E-state index in [2.05, 4.69) is 6.58 Å². The van der Waals surface area contributed by atoms with E-state index in [-0.39, 0.29) is 22.8 Å². The Morgan fingerprint density at radius 3 is 2.30 bits per heavy atom. The number of carbonyl (C=O) groups is 2. The summed E-state index contributed by atoms with van der Waals surface area (Å²) >= 11 is 0. The first-order valence-corrected chi connectivity index (χ1v) is 11.0. The molecule has 33 heavy (non-hydrogen) atoms. The lowest BCUT2D eigenvalue weighted by atomic mass is 10.0. The fraction of sp³-hybridized carbons (Fsp3) is 0.346. The minimum atomic E-state index is -0.964. The first-order chi connectivity index (χ1) is 15.8. The van der Waals surface area contributed by atoms with Gasteiger partial charge in [0.05, 0.1) is 17.7 Å². The van der Waals surface area contributed by atoms with Gasteiger partial charge in [0, 0.05) is 11.8 Å². The van der Waals surface area contributed by atoms with Crippen LogP contribution in [0.5, 0.6) is 11.5 Å². The highest BCUT2D eigenvalue weighted by Gasteiger charge is 2.16. The summed E-state index contributed by atoms with van der Waals surface area (Å²) in [4.78, 5) is 23.5. The maximum Gasteiger partial charge on any atom is 0.343 e. The predicted octanol–water partition coefficient (Wildman–Crippen LogP) is 6.00. The molecule has 0 radical (unpaired) electrons. The smallest absolute Gasteiger partial charge is 0.343 e. The number of phenols is 1. The van der Waals surface area contributed by atoms with Crippen LogP contribution in [0.3, 0.4) is 0 Å². The van der Waals surface area contributed by atoms with E-state index in [4.69, 9.17) is 14.9 Å².